The Morgan fingerprint density at radius 1 is 0.524 bits per heavy atom. The van der Waals surface area contributed by atoms with Gasteiger partial charge in [0.05, 0.1) is 0 Å². The molecule has 2 aromatic carbocycles. The molecule has 0 amide bonds. The molecule has 0 aliphatic carbocycles. The van der Waals surface area contributed by atoms with Gasteiger partial charge in [-0.3, -0.25) is 0 Å². The molecule has 0 radical (unpaired) electrons. The fourth-order valence-electron chi connectivity index (χ4n) is 1.27. The van der Waals surface area contributed by atoms with E-state index in [1.54, 1.807) is 36.4 Å². The van der Waals surface area contributed by atoms with Gasteiger partial charge in [0.25, 0.3) is 0 Å². The van der Waals surface area contributed by atoms with Crippen molar-refractivity contribution in [1.82, 2.24) is 0 Å². The molecule has 114 valence electrons. The van der Waals surface area contributed by atoms with Crippen molar-refractivity contribution in [3.8, 4) is 0 Å². The van der Waals surface area contributed by atoms with Gasteiger partial charge in [0.15, 0.2) is 0 Å². The zero-order valence-electron chi connectivity index (χ0n) is 10.3. The average Bonchev–Trinajstić information content (AvgIpc) is 2.39. The zero-order valence-corrected chi connectivity index (χ0v) is 15.6. The number of hydrogen-bond donors (Lipinski definition) is 0. The third kappa shape index (κ3) is 7.52. The maximum atomic E-state index is 5.63. The van der Waals surface area contributed by atoms with Gasteiger partial charge >= 0.3 is 0 Å². The van der Waals surface area contributed by atoms with Crippen LogP contribution in [0.3, 0.4) is 0 Å². The lowest BCUT2D eigenvalue weighted by Gasteiger charge is -2.09. The van der Waals surface area contributed by atoms with Gasteiger partial charge in [-0.05, 0) is 12.1 Å². The van der Waals surface area contributed by atoms with E-state index in [0.717, 1.165) is 0 Å². The molecule has 21 heavy (non-hydrogen) atoms. The minimum atomic E-state index is -1.36. The van der Waals surface area contributed by atoms with Crippen molar-refractivity contribution >= 4 is 81.2 Å². The Balaban J connectivity index is 0.000000211. The lowest BCUT2D eigenvalue weighted by molar-refractivity contribution is 1.24. The summed E-state index contributed by atoms with van der Waals surface area (Å²) in [6.45, 7) is 0. The second-order valence-electron chi connectivity index (χ2n) is 3.87. The van der Waals surface area contributed by atoms with Crippen molar-refractivity contribution in [2.24, 2.45) is 0 Å². The summed E-state index contributed by atoms with van der Waals surface area (Å²) < 4.78 is -2.65. The SMILES string of the molecule is ClC(Cl)(Cl)c1ccccc1.Clc1ccc(C(Cl)(Cl)Cl)cc1. The highest BCUT2D eigenvalue weighted by Crippen LogP contribution is 2.38. The van der Waals surface area contributed by atoms with E-state index in [9.17, 15) is 0 Å². The van der Waals surface area contributed by atoms with E-state index in [-0.39, 0.29) is 0 Å². The van der Waals surface area contributed by atoms with Crippen LogP contribution in [0.25, 0.3) is 0 Å². The Labute approximate surface area is 158 Å². The van der Waals surface area contributed by atoms with E-state index >= 15 is 0 Å². The third-order valence-corrected chi connectivity index (χ3v) is 3.83. The number of alkyl halides is 6. The minimum Gasteiger partial charge on any atom is -0.0843 e. The molecule has 0 fully saturated rings. The minimum absolute atomic E-state index is 0.618. The number of rotatable bonds is 0. The van der Waals surface area contributed by atoms with Gasteiger partial charge in [0, 0.05) is 16.1 Å². The molecule has 0 aliphatic rings. The van der Waals surface area contributed by atoms with E-state index < -0.39 is 7.59 Å². The Bertz CT molecular complexity index is 538. The fraction of sp³-hybridized carbons (Fsp3) is 0.143. The van der Waals surface area contributed by atoms with Crippen LogP contribution in [0.4, 0.5) is 0 Å². The molecular weight excluding hydrogens is 416 g/mol. The first kappa shape index (κ1) is 19.5. The molecular formula is C14H9Cl7. The van der Waals surface area contributed by atoms with Gasteiger partial charge in [-0.2, -0.15) is 0 Å². The smallest absolute Gasteiger partial charge is 0.0843 e. The molecule has 0 spiro atoms. The second kappa shape index (κ2) is 8.36. The van der Waals surface area contributed by atoms with Crippen LogP contribution in [0.15, 0.2) is 54.6 Å². The van der Waals surface area contributed by atoms with Gasteiger partial charge in [0.1, 0.15) is 0 Å². The Morgan fingerprint density at radius 3 is 1.24 bits per heavy atom. The highest BCUT2D eigenvalue weighted by Gasteiger charge is 2.22. The van der Waals surface area contributed by atoms with Crippen LogP contribution in [-0.2, 0) is 7.59 Å². The summed E-state index contributed by atoms with van der Waals surface area (Å²) in [5.41, 5.74) is 1.31. The fourth-order valence-corrected chi connectivity index (χ4v) is 2.15. The van der Waals surface area contributed by atoms with Crippen LogP contribution in [0, 0.1) is 0 Å². The van der Waals surface area contributed by atoms with Crippen molar-refractivity contribution in [2.75, 3.05) is 0 Å². The summed E-state index contributed by atoms with van der Waals surface area (Å²) in [5.74, 6) is 0. The summed E-state index contributed by atoms with van der Waals surface area (Å²) >= 11 is 39.2. The summed E-state index contributed by atoms with van der Waals surface area (Å²) in [6, 6.07) is 15.8. The molecule has 0 aromatic heterocycles. The van der Waals surface area contributed by atoms with Crippen molar-refractivity contribution < 1.29 is 0 Å². The standard InChI is InChI=1S/C7H4Cl4.C7H5Cl3/c8-6-3-1-5(2-4-6)7(9,10)11;8-7(9,10)6-4-2-1-3-5-6/h1-4H;1-5H. The first-order valence-electron chi connectivity index (χ1n) is 5.55. The monoisotopic (exact) mass is 422 g/mol. The quantitative estimate of drug-likeness (QED) is 0.380. The zero-order chi connectivity index (χ0) is 16.1. The van der Waals surface area contributed by atoms with Crippen LogP contribution >= 0.6 is 81.2 Å². The summed E-state index contributed by atoms with van der Waals surface area (Å²) in [5, 5.41) is 0.628. The lowest BCUT2D eigenvalue weighted by Crippen LogP contribution is -1.98. The van der Waals surface area contributed by atoms with Crippen molar-refractivity contribution in [1.29, 1.82) is 0 Å². The van der Waals surface area contributed by atoms with Crippen LogP contribution in [0.5, 0.6) is 0 Å². The molecule has 0 nitrogen and oxygen atoms in total. The largest absolute Gasteiger partial charge is 0.216 e. The van der Waals surface area contributed by atoms with Crippen LogP contribution in [0.1, 0.15) is 11.1 Å². The van der Waals surface area contributed by atoms with Gasteiger partial charge in [-0.1, -0.05) is 124 Å². The molecule has 0 heterocycles. The molecule has 7 heteroatoms. The van der Waals surface area contributed by atoms with Gasteiger partial charge in [-0.25, -0.2) is 0 Å². The molecule has 0 bridgehead atoms. The van der Waals surface area contributed by atoms with Crippen molar-refractivity contribution in [2.45, 2.75) is 7.59 Å². The lowest BCUT2D eigenvalue weighted by atomic mass is 10.2. The molecule has 0 atom stereocenters. The van der Waals surface area contributed by atoms with Gasteiger partial charge in [0.2, 0.25) is 7.59 Å². The molecule has 2 aromatic rings. The highest BCUT2D eigenvalue weighted by molar-refractivity contribution is 6.67. The molecule has 0 saturated carbocycles. The maximum Gasteiger partial charge on any atom is 0.216 e. The maximum absolute atomic E-state index is 5.63. The normalized spacial score (nSPS) is 11.6. The van der Waals surface area contributed by atoms with E-state index in [2.05, 4.69) is 0 Å². The highest BCUT2D eigenvalue weighted by atomic mass is 35.6. The van der Waals surface area contributed by atoms with Gasteiger partial charge in [-0.15, -0.1) is 0 Å². The van der Waals surface area contributed by atoms with Crippen molar-refractivity contribution in [3.05, 3.63) is 70.7 Å². The number of halogens is 7. The van der Waals surface area contributed by atoms with Crippen LogP contribution < -0.4 is 0 Å². The molecule has 2 rings (SSSR count). The second-order valence-corrected chi connectivity index (χ2v) is 8.87. The number of hydrogen-bond acceptors (Lipinski definition) is 0. The van der Waals surface area contributed by atoms with Crippen LogP contribution in [0.2, 0.25) is 5.02 Å². The number of benzene rings is 2. The Morgan fingerprint density at radius 2 is 0.905 bits per heavy atom. The van der Waals surface area contributed by atoms with E-state index in [0.29, 0.717) is 16.1 Å². The molecule has 0 aliphatic heterocycles. The van der Waals surface area contributed by atoms with E-state index in [4.69, 9.17) is 81.2 Å². The first-order chi connectivity index (χ1) is 9.60. The molecule has 0 unspecified atom stereocenters. The summed E-state index contributed by atoms with van der Waals surface area (Å²) in [4.78, 5) is 0. The Hall–Kier alpha value is 0.470. The average molecular weight is 425 g/mol. The molecule has 0 N–H and O–H groups in total. The first-order valence-corrected chi connectivity index (χ1v) is 8.20. The molecule has 0 saturated heterocycles. The summed E-state index contributed by atoms with van der Waals surface area (Å²) in [6.07, 6.45) is 0. The van der Waals surface area contributed by atoms with E-state index in [1.807, 2.05) is 18.2 Å². The predicted molar refractivity (Wildman–Crippen MR) is 96.4 cm³/mol. The van der Waals surface area contributed by atoms with Crippen molar-refractivity contribution in [3.63, 3.8) is 0 Å². The van der Waals surface area contributed by atoms with Gasteiger partial charge < -0.3 is 0 Å². The Kier molecular flexibility index (Phi) is 7.77. The topological polar surface area (TPSA) is 0 Å². The summed E-state index contributed by atoms with van der Waals surface area (Å²) in [7, 11) is 0. The van der Waals surface area contributed by atoms with Crippen LogP contribution in [-0.4, -0.2) is 0 Å². The van der Waals surface area contributed by atoms with E-state index in [1.165, 1.54) is 0 Å². The predicted octanol–water partition coefficient (Wildman–Crippen LogP) is 7.68. The third-order valence-electron chi connectivity index (χ3n) is 2.27.